The van der Waals surface area contributed by atoms with Crippen molar-refractivity contribution in [1.82, 2.24) is 9.36 Å². The normalized spacial score (nSPS) is 11.3. The van der Waals surface area contributed by atoms with E-state index in [0.29, 0.717) is 12.2 Å². The van der Waals surface area contributed by atoms with Gasteiger partial charge in [-0.3, -0.25) is 10.1 Å². The van der Waals surface area contributed by atoms with Gasteiger partial charge in [-0.05, 0) is 24.6 Å². The Bertz CT molecular complexity index is 955. The van der Waals surface area contributed by atoms with Crippen LogP contribution >= 0.6 is 11.5 Å². The molecule has 0 saturated carbocycles. The molecule has 11 heteroatoms. The van der Waals surface area contributed by atoms with Crippen molar-refractivity contribution in [2.45, 2.75) is 19.7 Å². The van der Waals surface area contributed by atoms with Crippen molar-refractivity contribution in [3.8, 4) is 23.1 Å². The molecule has 0 radical (unpaired) electrons. The molecule has 2 aromatic heterocycles. The highest BCUT2D eigenvalue weighted by molar-refractivity contribution is 7.10. The van der Waals surface area contributed by atoms with Crippen molar-refractivity contribution in [3.63, 3.8) is 0 Å². The maximum absolute atomic E-state index is 12.3. The monoisotopic (exact) mass is 413 g/mol. The zero-order chi connectivity index (χ0) is 20.1. The number of carbonyl (C=O) groups is 1. The summed E-state index contributed by atoms with van der Waals surface area (Å²) in [5, 5.41) is 2.80. The third-order valence-corrected chi connectivity index (χ3v) is 3.89. The topological polar surface area (TPSA) is 86.5 Å². The van der Waals surface area contributed by atoms with Gasteiger partial charge >= 0.3 is 12.4 Å². The Morgan fingerprint density at radius 3 is 2.89 bits per heavy atom. The Balaban J connectivity index is 1.69. The second-order valence-corrected chi connectivity index (χ2v) is 6.21. The first-order valence-corrected chi connectivity index (χ1v) is 8.84. The molecule has 0 aliphatic rings. The van der Waals surface area contributed by atoms with Crippen LogP contribution in [0.1, 0.15) is 23.7 Å². The van der Waals surface area contributed by atoms with Crippen LogP contribution in [-0.2, 0) is 0 Å². The van der Waals surface area contributed by atoms with E-state index in [9.17, 15) is 18.0 Å². The lowest BCUT2D eigenvalue weighted by Gasteiger charge is -2.09. The maximum atomic E-state index is 12.3. The molecular formula is C17H14F3N3O4S. The SMILES string of the molecule is CCCOc1nsc(NC(=O)c2coc(-c3cccc(OC(F)(F)F)c3)c2)n1. The van der Waals surface area contributed by atoms with Crippen molar-refractivity contribution in [2.24, 2.45) is 0 Å². The Morgan fingerprint density at radius 1 is 1.32 bits per heavy atom. The van der Waals surface area contributed by atoms with E-state index < -0.39 is 12.3 Å². The van der Waals surface area contributed by atoms with Crippen LogP contribution in [0.25, 0.3) is 11.3 Å². The summed E-state index contributed by atoms with van der Waals surface area (Å²) in [5.74, 6) is -0.682. The number of halogens is 3. The molecule has 148 valence electrons. The molecule has 0 bridgehead atoms. The van der Waals surface area contributed by atoms with E-state index in [1.807, 2.05) is 6.92 Å². The number of anilines is 1. The second kappa shape index (κ2) is 8.30. The molecule has 3 rings (SSSR count). The first kappa shape index (κ1) is 19.7. The Labute approximate surface area is 161 Å². The van der Waals surface area contributed by atoms with Gasteiger partial charge in [0.05, 0.1) is 12.2 Å². The summed E-state index contributed by atoms with van der Waals surface area (Å²) in [6, 6.07) is 6.83. The number of furan rings is 1. The molecule has 1 aromatic carbocycles. The molecule has 1 amide bonds. The lowest BCUT2D eigenvalue weighted by molar-refractivity contribution is -0.274. The highest BCUT2D eigenvalue weighted by atomic mass is 32.1. The molecule has 0 unspecified atom stereocenters. The van der Waals surface area contributed by atoms with E-state index >= 15 is 0 Å². The molecule has 0 atom stereocenters. The van der Waals surface area contributed by atoms with Crippen LogP contribution in [0.15, 0.2) is 41.0 Å². The van der Waals surface area contributed by atoms with Crippen LogP contribution in [0.4, 0.5) is 18.3 Å². The predicted molar refractivity (Wildman–Crippen MR) is 94.5 cm³/mol. The standard InChI is InChI=1S/C17H14F3N3O4S/c1-2-6-25-15-22-16(28-23-15)21-14(24)11-8-13(26-9-11)10-4-3-5-12(7-10)27-17(18,19)20/h3-5,7-9H,2,6H2,1H3,(H,21,22,23,24). The van der Waals surface area contributed by atoms with Crippen LogP contribution in [0.5, 0.6) is 11.8 Å². The molecule has 0 spiro atoms. The minimum absolute atomic E-state index is 0.170. The third kappa shape index (κ3) is 5.22. The number of hydrogen-bond donors (Lipinski definition) is 1. The van der Waals surface area contributed by atoms with Gasteiger partial charge in [0.15, 0.2) is 0 Å². The number of amides is 1. The van der Waals surface area contributed by atoms with Gasteiger partial charge in [0.2, 0.25) is 5.13 Å². The summed E-state index contributed by atoms with van der Waals surface area (Å²) in [6.45, 7) is 2.41. The molecule has 28 heavy (non-hydrogen) atoms. The van der Waals surface area contributed by atoms with Crippen LogP contribution in [0.2, 0.25) is 0 Å². The van der Waals surface area contributed by atoms with E-state index in [-0.39, 0.29) is 28.2 Å². The molecule has 0 saturated heterocycles. The smallest absolute Gasteiger partial charge is 0.464 e. The molecule has 0 aliphatic carbocycles. The number of nitrogens with zero attached hydrogens (tertiary/aromatic N) is 2. The van der Waals surface area contributed by atoms with E-state index in [2.05, 4.69) is 19.4 Å². The number of alkyl halides is 3. The zero-order valence-electron chi connectivity index (χ0n) is 14.4. The van der Waals surface area contributed by atoms with E-state index in [1.165, 1.54) is 30.5 Å². The van der Waals surface area contributed by atoms with Crippen molar-refractivity contribution in [2.75, 3.05) is 11.9 Å². The molecule has 0 fully saturated rings. The van der Waals surface area contributed by atoms with Crippen LogP contribution in [0, 0.1) is 0 Å². The first-order valence-electron chi connectivity index (χ1n) is 8.06. The number of rotatable bonds is 7. The van der Waals surface area contributed by atoms with Crippen LogP contribution in [0.3, 0.4) is 0 Å². The molecular weight excluding hydrogens is 399 g/mol. The largest absolute Gasteiger partial charge is 0.573 e. The Kier molecular flexibility index (Phi) is 5.83. The fourth-order valence-corrected chi connectivity index (χ4v) is 2.65. The summed E-state index contributed by atoms with van der Waals surface area (Å²) in [5.41, 5.74) is 0.496. The van der Waals surface area contributed by atoms with Crippen molar-refractivity contribution >= 4 is 22.6 Å². The number of carbonyl (C=O) groups excluding carboxylic acids is 1. The number of aromatic nitrogens is 2. The maximum Gasteiger partial charge on any atom is 0.573 e. The summed E-state index contributed by atoms with van der Waals surface area (Å²) >= 11 is 0.962. The summed E-state index contributed by atoms with van der Waals surface area (Å²) < 4.78 is 55.4. The fourth-order valence-electron chi connectivity index (χ4n) is 2.14. The Hall–Kier alpha value is -3.08. The average molecular weight is 413 g/mol. The van der Waals surface area contributed by atoms with Gasteiger partial charge in [0, 0.05) is 17.1 Å². The van der Waals surface area contributed by atoms with Gasteiger partial charge in [-0.2, -0.15) is 4.98 Å². The van der Waals surface area contributed by atoms with Gasteiger partial charge in [-0.1, -0.05) is 19.1 Å². The van der Waals surface area contributed by atoms with Gasteiger partial charge in [-0.15, -0.1) is 17.5 Å². The van der Waals surface area contributed by atoms with Crippen molar-refractivity contribution < 1.29 is 31.9 Å². The van der Waals surface area contributed by atoms with Crippen molar-refractivity contribution in [3.05, 3.63) is 42.2 Å². The fraction of sp³-hybridized carbons (Fsp3) is 0.235. The highest BCUT2D eigenvalue weighted by Gasteiger charge is 2.31. The number of nitrogens with one attached hydrogen (secondary N) is 1. The van der Waals surface area contributed by atoms with Gasteiger partial charge in [-0.25, -0.2) is 0 Å². The number of ether oxygens (including phenoxy) is 2. The summed E-state index contributed by atoms with van der Waals surface area (Å²) in [4.78, 5) is 16.3. The minimum Gasteiger partial charge on any atom is -0.464 e. The van der Waals surface area contributed by atoms with E-state index in [0.717, 1.165) is 24.0 Å². The van der Waals surface area contributed by atoms with Gasteiger partial charge in [0.1, 0.15) is 17.8 Å². The lowest BCUT2D eigenvalue weighted by atomic mass is 10.1. The van der Waals surface area contributed by atoms with Crippen molar-refractivity contribution in [1.29, 1.82) is 0 Å². The summed E-state index contributed by atoms with van der Waals surface area (Å²) in [6.07, 6.45) is -2.81. The number of benzene rings is 1. The molecule has 3 aromatic rings. The molecule has 2 heterocycles. The summed E-state index contributed by atoms with van der Waals surface area (Å²) in [7, 11) is 0. The molecule has 1 N–H and O–H groups in total. The Morgan fingerprint density at radius 2 is 2.14 bits per heavy atom. The molecule has 0 aliphatic heterocycles. The third-order valence-electron chi connectivity index (χ3n) is 3.28. The predicted octanol–water partition coefficient (Wildman–Crippen LogP) is 4.74. The minimum atomic E-state index is -4.80. The van der Waals surface area contributed by atoms with Gasteiger partial charge < -0.3 is 13.9 Å². The van der Waals surface area contributed by atoms with E-state index in [4.69, 9.17) is 9.15 Å². The lowest BCUT2D eigenvalue weighted by Crippen LogP contribution is -2.17. The second-order valence-electron chi connectivity index (χ2n) is 5.46. The quantitative estimate of drug-likeness (QED) is 0.602. The van der Waals surface area contributed by atoms with E-state index in [1.54, 1.807) is 0 Å². The molecule has 7 nitrogen and oxygen atoms in total. The number of hydrogen-bond acceptors (Lipinski definition) is 7. The first-order chi connectivity index (χ1) is 13.3. The highest BCUT2D eigenvalue weighted by Crippen LogP contribution is 2.29. The zero-order valence-corrected chi connectivity index (χ0v) is 15.3. The van der Waals surface area contributed by atoms with Crippen LogP contribution in [-0.4, -0.2) is 28.2 Å². The van der Waals surface area contributed by atoms with Gasteiger partial charge in [0.25, 0.3) is 5.91 Å². The average Bonchev–Trinajstić information content (AvgIpc) is 3.28. The van der Waals surface area contributed by atoms with Crippen LogP contribution < -0.4 is 14.8 Å².